The SMILES string of the molecule is CNCc1nc(-c2cccc(OC)c2)n(C)c1Br. The van der Waals surface area contributed by atoms with Crippen LogP contribution in [0, 0.1) is 0 Å². The van der Waals surface area contributed by atoms with Crippen LogP contribution in [0.5, 0.6) is 5.75 Å². The number of halogens is 1. The van der Waals surface area contributed by atoms with Gasteiger partial charge in [0.15, 0.2) is 0 Å². The second kappa shape index (κ2) is 5.54. The lowest BCUT2D eigenvalue weighted by Crippen LogP contribution is -2.05. The van der Waals surface area contributed by atoms with Gasteiger partial charge in [0.05, 0.1) is 12.8 Å². The predicted molar refractivity (Wildman–Crippen MR) is 75.7 cm³/mol. The van der Waals surface area contributed by atoms with Gasteiger partial charge in [-0.2, -0.15) is 0 Å². The van der Waals surface area contributed by atoms with E-state index in [2.05, 4.69) is 26.2 Å². The third kappa shape index (κ3) is 2.42. The third-order valence-corrected chi connectivity index (χ3v) is 3.75. The highest BCUT2D eigenvalue weighted by Gasteiger charge is 2.13. The largest absolute Gasteiger partial charge is 0.497 e. The van der Waals surface area contributed by atoms with Crippen LogP contribution in [0.1, 0.15) is 5.69 Å². The molecule has 0 aliphatic rings. The molecule has 1 N–H and O–H groups in total. The molecular weight excluding hydrogens is 294 g/mol. The van der Waals surface area contributed by atoms with Crippen molar-refractivity contribution >= 4 is 15.9 Å². The maximum absolute atomic E-state index is 5.24. The van der Waals surface area contributed by atoms with Gasteiger partial charge >= 0.3 is 0 Å². The zero-order chi connectivity index (χ0) is 13.1. The Morgan fingerprint density at radius 2 is 2.22 bits per heavy atom. The topological polar surface area (TPSA) is 39.1 Å². The number of benzene rings is 1. The summed E-state index contributed by atoms with van der Waals surface area (Å²) >= 11 is 3.56. The van der Waals surface area contributed by atoms with E-state index in [0.717, 1.165) is 34.0 Å². The summed E-state index contributed by atoms with van der Waals surface area (Å²) < 4.78 is 8.26. The van der Waals surface area contributed by atoms with Gasteiger partial charge in [-0.15, -0.1) is 0 Å². The van der Waals surface area contributed by atoms with Gasteiger partial charge in [-0.3, -0.25) is 0 Å². The van der Waals surface area contributed by atoms with E-state index in [-0.39, 0.29) is 0 Å². The molecule has 0 fully saturated rings. The summed E-state index contributed by atoms with van der Waals surface area (Å²) in [6, 6.07) is 7.91. The van der Waals surface area contributed by atoms with Crippen molar-refractivity contribution in [2.24, 2.45) is 7.05 Å². The molecule has 0 bridgehead atoms. The fraction of sp³-hybridized carbons (Fsp3) is 0.308. The molecule has 0 saturated carbocycles. The predicted octanol–water partition coefficient (Wildman–Crippen LogP) is 2.58. The molecule has 18 heavy (non-hydrogen) atoms. The zero-order valence-electron chi connectivity index (χ0n) is 10.7. The molecule has 0 radical (unpaired) electrons. The van der Waals surface area contributed by atoms with Gasteiger partial charge in [-0.25, -0.2) is 4.98 Å². The molecule has 5 heteroatoms. The van der Waals surface area contributed by atoms with Gasteiger partial charge in [0.25, 0.3) is 0 Å². The first-order valence-electron chi connectivity index (χ1n) is 5.67. The Bertz CT molecular complexity index is 551. The number of nitrogens with zero attached hydrogens (tertiary/aromatic N) is 2. The van der Waals surface area contributed by atoms with Crippen LogP contribution in [0.15, 0.2) is 28.9 Å². The molecule has 2 rings (SSSR count). The number of nitrogens with one attached hydrogen (secondary N) is 1. The van der Waals surface area contributed by atoms with Crippen molar-refractivity contribution in [2.75, 3.05) is 14.2 Å². The smallest absolute Gasteiger partial charge is 0.141 e. The molecule has 0 amide bonds. The van der Waals surface area contributed by atoms with E-state index in [9.17, 15) is 0 Å². The van der Waals surface area contributed by atoms with E-state index in [1.165, 1.54) is 0 Å². The molecule has 0 unspecified atom stereocenters. The van der Waals surface area contributed by atoms with Crippen molar-refractivity contribution in [2.45, 2.75) is 6.54 Å². The van der Waals surface area contributed by atoms with Gasteiger partial charge in [-0.05, 0) is 35.1 Å². The van der Waals surface area contributed by atoms with Crippen LogP contribution in [-0.4, -0.2) is 23.7 Å². The van der Waals surface area contributed by atoms with Gasteiger partial charge in [-0.1, -0.05) is 12.1 Å². The maximum atomic E-state index is 5.24. The van der Waals surface area contributed by atoms with Crippen molar-refractivity contribution < 1.29 is 4.74 Å². The Morgan fingerprint density at radius 1 is 1.44 bits per heavy atom. The third-order valence-electron chi connectivity index (χ3n) is 2.76. The number of imidazole rings is 1. The molecule has 4 nitrogen and oxygen atoms in total. The highest BCUT2D eigenvalue weighted by Crippen LogP contribution is 2.27. The summed E-state index contributed by atoms with van der Waals surface area (Å²) in [5.74, 6) is 1.76. The summed E-state index contributed by atoms with van der Waals surface area (Å²) in [5.41, 5.74) is 2.04. The number of aromatic nitrogens is 2. The van der Waals surface area contributed by atoms with Crippen LogP contribution >= 0.6 is 15.9 Å². The lowest BCUT2D eigenvalue weighted by molar-refractivity contribution is 0.415. The standard InChI is InChI=1S/C13H16BrN3O/c1-15-8-11-12(14)17(2)13(16-11)9-5-4-6-10(7-9)18-3/h4-7,15H,8H2,1-3H3. The summed E-state index contributed by atoms with van der Waals surface area (Å²) in [6.07, 6.45) is 0. The van der Waals surface area contributed by atoms with E-state index in [1.54, 1.807) is 7.11 Å². The van der Waals surface area contributed by atoms with Crippen LogP contribution in [0.2, 0.25) is 0 Å². The molecule has 0 aliphatic heterocycles. The Kier molecular flexibility index (Phi) is 4.04. The Labute approximate surface area is 115 Å². The van der Waals surface area contributed by atoms with Crippen molar-refractivity contribution in [1.82, 2.24) is 14.9 Å². The fourth-order valence-electron chi connectivity index (χ4n) is 1.84. The lowest BCUT2D eigenvalue weighted by atomic mass is 10.2. The first-order valence-corrected chi connectivity index (χ1v) is 6.46. The second-order valence-electron chi connectivity index (χ2n) is 3.99. The first kappa shape index (κ1) is 13.1. The van der Waals surface area contributed by atoms with Gasteiger partial charge < -0.3 is 14.6 Å². The van der Waals surface area contributed by atoms with Crippen LogP contribution in [-0.2, 0) is 13.6 Å². The number of methoxy groups -OCH3 is 1. The molecular formula is C13H16BrN3O. The average molecular weight is 310 g/mol. The molecule has 0 aliphatic carbocycles. The Morgan fingerprint density at radius 3 is 2.89 bits per heavy atom. The quantitative estimate of drug-likeness (QED) is 0.943. The molecule has 96 valence electrons. The van der Waals surface area contributed by atoms with E-state index < -0.39 is 0 Å². The van der Waals surface area contributed by atoms with Gasteiger partial charge in [0.1, 0.15) is 16.2 Å². The maximum Gasteiger partial charge on any atom is 0.141 e. The Balaban J connectivity index is 2.46. The van der Waals surface area contributed by atoms with Crippen molar-refractivity contribution in [3.63, 3.8) is 0 Å². The number of ether oxygens (including phenoxy) is 1. The molecule has 1 heterocycles. The minimum Gasteiger partial charge on any atom is -0.497 e. The average Bonchev–Trinajstić information content (AvgIpc) is 2.68. The van der Waals surface area contributed by atoms with Gasteiger partial charge in [0, 0.05) is 19.2 Å². The fourth-order valence-corrected chi connectivity index (χ4v) is 2.23. The normalized spacial score (nSPS) is 10.7. The molecule has 2 aromatic rings. The highest BCUT2D eigenvalue weighted by molar-refractivity contribution is 9.10. The Hall–Kier alpha value is -1.33. The van der Waals surface area contributed by atoms with E-state index >= 15 is 0 Å². The van der Waals surface area contributed by atoms with Crippen molar-refractivity contribution in [3.05, 3.63) is 34.6 Å². The zero-order valence-corrected chi connectivity index (χ0v) is 12.3. The second-order valence-corrected chi connectivity index (χ2v) is 4.75. The minimum absolute atomic E-state index is 0.735. The minimum atomic E-state index is 0.735. The summed E-state index contributed by atoms with van der Waals surface area (Å²) in [7, 11) is 5.57. The summed E-state index contributed by atoms with van der Waals surface area (Å²) in [6.45, 7) is 0.735. The first-order chi connectivity index (χ1) is 8.67. The van der Waals surface area contributed by atoms with Crippen molar-refractivity contribution in [1.29, 1.82) is 0 Å². The van der Waals surface area contributed by atoms with E-state index in [4.69, 9.17) is 4.74 Å². The molecule has 0 saturated heterocycles. The highest BCUT2D eigenvalue weighted by atomic mass is 79.9. The van der Waals surface area contributed by atoms with Crippen LogP contribution in [0.4, 0.5) is 0 Å². The van der Waals surface area contributed by atoms with E-state index in [0.29, 0.717) is 0 Å². The summed E-state index contributed by atoms with van der Waals surface area (Å²) in [4.78, 5) is 4.64. The number of rotatable bonds is 4. The molecule has 1 aromatic carbocycles. The molecule has 0 spiro atoms. The molecule has 0 atom stereocenters. The van der Waals surface area contributed by atoms with E-state index in [1.807, 2.05) is 42.9 Å². The van der Waals surface area contributed by atoms with Crippen LogP contribution < -0.4 is 10.1 Å². The number of hydrogen-bond acceptors (Lipinski definition) is 3. The van der Waals surface area contributed by atoms with Crippen molar-refractivity contribution in [3.8, 4) is 17.1 Å². The molecule has 1 aromatic heterocycles. The number of hydrogen-bond donors (Lipinski definition) is 1. The summed E-state index contributed by atoms with van der Waals surface area (Å²) in [5, 5.41) is 3.11. The van der Waals surface area contributed by atoms with Crippen LogP contribution in [0.3, 0.4) is 0 Å². The monoisotopic (exact) mass is 309 g/mol. The lowest BCUT2D eigenvalue weighted by Gasteiger charge is -2.04. The van der Waals surface area contributed by atoms with Gasteiger partial charge in [0.2, 0.25) is 0 Å². The van der Waals surface area contributed by atoms with Crippen LogP contribution in [0.25, 0.3) is 11.4 Å².